The molecule has 4 aromatic rings. The zero-order valence-corrected chi connectivity index (χ0v) is 21.4. The van der Waals surface area contributed by atoms with E-state index in [9.17, 15) is 18.0 Å². The van der Waals surface area contributed by atoms with E-state index in [0.29, 0.717) is 20.5 Å². The second-order valence-electron chi connectivity index (χ2n) is 7.27. The Labute approximate surface area is 220 Å². The van der Waals surface area contributed by atoms with Gasteiger partial charge < -0.3 is 4.74 Å². The lowest BCUT2D eigenvalue weighted by atomic mass is 10.2. The number of esters is 1. The summed E-state index contributed by atoms with van der Waals surface area (Å²) in [6.07, 6.45) is 1.33. The second-order valence-corrected chi connectivity index (χ2v) is 10.9. The van der Waals surface area contributed by atoms with E-state index in [0.717, 1.165) is 10.1 Å². The monoisotopic (exact) mass is 561 g/mol. The SMILES string of the molecule is O=C(CNS(=O)(=O)c1ccc(Cl)cc1)NN=Cc1cccc(OC(=O)c2sc3ccccc3c2Cl)c1. The number of halogens is 2. The Hall–Kier alpha value is -3.28. The third-order valence-electron chi connectivity index (χ3n) is 4.74. The van der Waals surface area contributed by atoms with Gasteiger partial charge in [-0.15, -0.1) is 11.3 Å². The summed E-state index contributed by atoms with van der Waals surface area (Å²) >= 11 is 13.3. The molecule has 0 aliphatic carbocycles. The lowest BCUT2D eigenvalue weighted by Crippen LogP contribution is -2.34. The van der Waals surface area contributed by atoms with E-state index < -0.39 is 28.4 Å². The minimum absolute atomic E-state index is 0.0218. The van der Waals surface area contributed by atoms with Crippen LogP contribution >= 0.6 is 34.5 Å². The number of fused-ring (bicyclic) bond motifs is 1. The van der Waals surface area contributed by atoms with E-state index in [-0.39, 0.29) is 10.6 Å². The predicted molar refractivity (Wildman–Crippen MR) is 141 cm³/mol. The van der Waals surface area contributed by atoms with Crippen LogP contribution in [-0.2, 0) is 14.8 Å². The molecule has 0 saturated carbocycles. The number of ether oxygens (including phenoxy) is 1. The summed E-state index contributed by atoms with van der Waals surface area (Å²) in [5.41, 5.74) is 2.76. The Balaban J connectivity index is 1.33. The van der Waals surface area contributed by atoms with Crippen LogP contribution in [0.4, 0.5) is 0 Å². The minimum atomic E-state index is -3.88. The lowest BCUT2D eigenvalue weighted by molar-refractivity contribution is -0.119. The van der Waals surface area contributed by atoms with Gasteiger partial charge in [0.2, 0.25) is 10.0 Å². The number of nitrogens with one attached hydrogen (secondary N) is 2. The van der Waals surface area contributed by atoms with E-state index in [1.165, 1.54) is 41.8 Å². The maximum absolute atomic E-state index is 12.6. The first-order valence-corrected chi connectivity index (χ1v) is 13.3. The fraction of sp³-hybridized carbons (Fsp3) is 0.0417. The topological polar surface area (TPSA) is 114 Å². The first-order chi connectivity index (χ1) is 17.2. The molecule has 3 aromatic carbocycles. The molecule has 1 amide bonds. The molecule has 1 heterocycles. The number of thiophene rings is 1. The maximum Gasteiger partial charge on any atom is 0.355 e. The van der Waals surface area contributed by atoms with Crippen molar-refractivity contribution in [2.24, 2.45) is 5.10 Å². The fourth-order valence-corrected chi connectivity index (χ4v) is 5.53. The molecule has 0 bridgehead atoms. The maximum atomic E-state index is 12.6. The van der Waals surface area contributed by atoms with Crippen molar-refractivity contribution in [2.45, 2.75) is 4.90 Å². The number of carbonyl (C=O) groups is 2. The summed E-state index contributed by atoms with van der Waals surface area (Å²) in [5.74, 6) is -0.998. The lowest BCUT2D eigenvalue weighted by Gasteiger charge is -2.06. The largest absolute Gasteiger partial charge is 0.422 e. The quantitative estimate of drug-likeness (QED) is 0.138. The average Bonchev–Trinajstić information content (AvgIpc) is 3.20. The number of hydrogen-bond acceptors (Lipinski definition) is 7. The van der Waals surface area contributed by atoms with Crippen LogP contribution in [0.1, 0.15) is 15.2 Å². The van der Waals surface area contributed by atoms with Gasteiger partial charge in [-0.1, -0.05) is 53.5 Å². The van der Waals surface area contributed by atoms with Crippen LogP contribution < -0.4 is 14.9 Å². The molecule has 0 fully saturated rings. The summed E-state index contributed by atoms with van der Waals surface area (Å²) in [6, 6.07) is 19.4. The molecule has 0 saturated heterocycles. The number of rotatable bonds is 8. The van der Waals surface area contributed by atoms with Crippen LogP contribution in [0.5, 0.6) is 5.75 Å². The van der Waals surface area contributed by atoms with Gasteiger partial charge in [-0.2, -0.15) is 5.10 Å². The van der Waals surface area contributed by atoms with Gasteiger partial charge in [0.15, 0.2) is 0 Å². The van der Waals surface area contributed by atoms with Gasteiger partial charge in [0.05, 0.1) is 22.7 Å². The highest BCUT2D eigenvalue weighted by Gasteiger charge is 2.19. The van der Waals surface area contributed by atoms with Gasteiger partial charge in [-0.05, 0) is 48.0 Å². The van der Waals surface area contributed by atoms with Crippen molar-refractivity contribution in [2.75, 3.05) is 6.54 Å². The molecular formula is C24H17Cl2N3O5S2. The molecule has 36 heavy (non-hydrogen) atoms. The van der Waals surface area contributed by atoms with Crippen molar-refractivity contribution in [1.29, 1.82) is 0 Å². The highest BCUT2D eigenvalue weighted by Crippen LogP contribution is 2.35. The van der Waals surface area contributed by atoms with Gasteiger partial charge in [0, 0.05) is 15.1 Å². The zero-order valence-electron chi connectivity index (χ0n) is 18.3. The standard InChI is InChI=1S/C24H17Cl2N3O5S2/c25-16-8-10-18(11-9-16)36(32,33)28-14-21(30)29-27-13-15-4-3-5-17(12-15)34-24(31)23-22(26)19-6-1-2-7-20(19)35-23/h1-13,28H,14H2,(H,29,30). The van der Waals surface area contributed by atoms with Crippen LogP contribution in [0.25, 0.3) is 10.1 Å². The summed E-state index contributed by atoms with van der Waals surface area (Å²) in [7, 11) is -3.88. The smallest absolute Gasteiger partial charge is 0.355 e. The van der Waals surface area contributed by atoms with Crippen molar-refractivity contribution < 1.29 is 22.7 Å². The number of sulfonamides is 1. The van der Waals surface area contributed by atoms with Crippen molar-refractivity contribution >= 4 is 72.7 Å². The number of hydrogen-bond donors (Lipinski definition) is 2. The number of amides is 1. The fourth-order valence-electron chi connectivity index (χ4n) is 3.03. The van der Waals surface area contributed by atoms with Crippen LogP contribution in [-0.4, -0.2) is 33.1 Å². The van der Waals surface area contributed by atoms with Gasteiger partial charge in [0.1, 0.15) is 10.6 Å². The van der Waals surface area contributed by atoms with Crippen LogP contribution in [0.15, 0.2) is 82.8 Å². The Bertz CT molecular complexity index is 1570. The van der Waals surface area contributed by atoms with Gasteiger partial charge in [0.25, 0.3) is 5.91 Å². The van der Waals surface area contributed by atoms with Crippen LogP contribution in [0.3, 0.4) is 0 Å². The summed E-state index contributed by atoms with van der Waals surface area (Å²) in [6.45, 7) is -0.518. The first-order valence-electron chi connectivity index (χ1n) is 10.3. The molecule has 184 valence electrons. The molecular weight excluding hydrogens is 545 g/mol. The molecule has 1 aromatic heterocycles. The number of benzene rings is 3. The zero-order chi connectivity index (χ0) is 25.7. The van der Waals surface area contributed by atoms with Crippen molar-refractivity contribution in [3.05, 3.63) is 93.3 Å². The third-order valence-corrected chi connectivity index (χ3v) is 8.06. The minimum Gasteiger partial charge on any atom is -0.422 e. The summed E-state index contributed by atoms with van der Waals surface area (Å²) in [5, 5.41) is 5.33. The molecule has 0 aliphatic heterocycles. The highest BCUT2D eigenvalue weighted by atomic mass is 35.5. The number of carbonyl (C=O) groups excluding carboxylic acids is 2. The Kier molecular flexibility index (Phi) is 8.02. The van der Waals surface area contributed by atoms with Gasteiger partial charge in [-0.25, -0.2) is 23.4 Å². The molecule has 0 unspecified atom stereocenters. The summed E-state index contributed by atoms with van der Waals surface area (Å²) in [4.78, 5) is 24.9. The molecule has 8 nitrogen and oxygen atoms in total. The van der Waals surface area contributed by atoms with E-state index in [2.05, 4.69) is 15.2 Å². The van der Waals surface area contributed by atoms with Crippen molar-refractivity contribution in [3.8, 4) is 5.75 Å². The van der Waals surface area contributed by atoms with E-state index in [1.54, 1.807) is 24.3 Å². The van der Waals surface area contributed by atoms with Gasteiger partial charge in [-0.3, -0.25) is 4.79 Å². The Morgan fingerprint density at radius 1 is 1.00 bits per heavy atom. The summed E-state index contributed by atoms with van der Waals surface area (Å²) < 4.78 is 33.0. The molecule has 4 rings (SSSR count). The molecule has 0 radical (unpaired) electrons. The average molecular weight is 562 g/mol. The van der Waals surface area contributed by atoms with Crippen LogP contribution in [0.2, 0.25) is 10.0 Å². The van der Waals surface area contributed by atoms with Crippen molar-refractivity contribution in [3.63, 3.8) is 0 Å². The number of hydrazone groups is 1. The normalized spacial score (nSPS) is 11.6. The van der Waals surface area contributed by atoms with Crippen molar-refractivity contribution in [1.82, 2.24) is 10.1 Å². The van der Waals surface area contributed by atoms with Crippen LogP contribution in [0, 0.1) is 0 Å². The number of nitrogens with zero attached hydrogens (tertiary/aromatic N) is 1. The van der Waals surface area contributed by atoms with Gasteiger partial charge >= 0.3 is 5.97 Å². The van der Waals surface area contributed by atoms with E-state index in [1.807, 2.05) is 24.3 Å². The molecule has 0 spiro atoms. The van der Waals surface area contributed by atoms with E-state index >= 15 is 0 Å². The second kappa shape index (κ2) is 11.2. The first kappa shape index (κ1) is 25.8. The molecule has 0 aliphatic rings. The molecule has 0 atom stereocenters. The predicted octanol–water partition coefficient (Wildman–Crippen LogP) is 4.86. The highest BCUT2D eigenvalue weighted by molar-refractivity contribution is 7.89. The Morgan fingerprint density at radius 3 is 2.50 bits per heavy atom. The Morgan fingerprint density at radius 2 is 1.75 bits per heavy atom. The van der Waals surface area contributed by atoms with E-state index in [4.69, 9.17) is 27.9 Å². The molecule has 12 heteroatoms. The third kappa shape index (κ3) is 6.28. The molecule has 2 N–H and O–H groups in total.